The van der Waals surface area contributed by atoms with Gasteiger partial charge in [0.25, 0.3) is 0 Å². The maximum atomic E-state index is 12.8. The van der Waals surface area contributed by atoms with E-state index >= 15 is 0 Å². The van der Waals surface area contributed by atoms with Crippen molar-refractivity contribution in [1.82, 2.24) is 0 Å². The minimum Gasteiger partial charge on any atom is -0.324 e. The first kappa shape index (κ1) is 19.9. The SMILES string of the molecule is CCCP(=O)(CCC#N)CCP(=O)(CCC#N)CCC#N. The molecule has 0 heterocycles. The average Bonchev–Trinajstić information content (AvgIpc) is 2.48. The number of nitrogens with zero attached hydrogens (tertiary/aromatic N) is 3. The highest BCUT2D eigenvalue weighted by Crippen LogP contribution is 2.54. The fourth-order valence-corrected chi connectivity index (χ4v) is 8.80. The molecule has 0 N–H and O–H groups in total. The summed E-state index contributed by atoms with van der Waals surface area (Å²) in [4.78, 5) is 0. The molecule has 0 amide bonds. The summed E-state index contributed by atoms with van der Waals surface area (Å²) < 4.78 is 25.5. The summed E-state index contributed by atoms with van der Waals surface area (Å²) in [5.74, 6) is 0. The molecule has 0 saturated heterocycles. The third-order valence-electron chi connectivity index (χ3n) is 3.44. The van der Waals surface area contributed by atoms with Crippen molar-refractivity contribution >= 4 is 14.3 Å². The van der Waals surface area contributed by atoms with Gasteiger partial charge in [0.2, 0.25) is 0 Å². The Labute approximate surface area is 127 Å². The van der Waals surface area contributed by atoms with Crippen molar-refractivity contribution in [2.24, 2.45) is 0 Å². The smallest absolute Gasteiger partial charge is 0.0902 e. The Morgan fingerprint density at radius 2 is 1.00 bits per heavy atom. The van der Waals surface area contributed by atoms with Crippen molar-refractivity contribution in [3.63, 3.8) is 0 Å². The van der Waals surface area contributed by atoms with Crippen molar-refractivity contribution in [3.8, 4) is 18.2 Å². The topological polar surface area (TPSA) is 106 Å². The summed E-state index contributed by atoms with van der Waals surface area (Å²) in [6.45, 7) is 1.95. The van der Waals surface area contributed by atoms with Gasteiger partial charge in [-0.05, 0) is 6.42 Å². The van der Waals surface area contributed by atoms with Crippen LogP contribution in [-0.4, -0.2) is 37.0 Å². The molecule has 116 valence electrons. The maximum Gasteiger partial charge on any atom is 0.0902 e. The van der Waals surface area contributed by atoms with E-state index in [1.165, 1.54) is 0 Å². The Hall–Kier alpha value is -1.07. The monoisotopic (exact) mass is 327 g/mol. The number of rotatable bonds is 11. The molecular formula is C14H23N3O2P2. The van der Waals surface area contributed by atoms with Gasteiger partial charge < -0.3 is 9.13 Å². The summed E-state index contributed by atoms with van der Waals surface area (Å²) in [6, 6.07) is 6.00. The molecule has 21 heavy (non-hydrogen) atoms. The van der Waals surface area contributed by atoms with Crippen LogP contribution < -0.4 is 0 Å². The first-order chi connectivity index (χ1) is 9.95. The molecular weight excluding hydrogens is 304 g/mol. The Bertz CT molecular complexity index is 504. The lowest BCUT2D eigenvalue weighted by Crippen LogP contribution is -2.08. The van der Waals surface area contributed by atoms with Crippen LogP contribution in [0.15, 0.2) is 0 Å². The predicted molar refractivity (Wildman–Crippen MR) is 85.4 cm³/mol. The van der Waals surface area contributed by atoms with Crippen LogP contribution in [0.2, 0.25) is 0 Å². The van der Waals surface area contributed by atoms with Gasteiger partial charge in [-0.2, -0.15) is 15.8 Å². The zero-order chi connectivity index (χ0) is 16.2. The quantitative estimate of drug-likeness (QED) is 0.536. The van der Waals surface area contributed by atoms with Gasteiger partial charge in [0, 0.05) is 56.2 Å². The lowest BCUT2D eigenvalue weighted by Gasteiger charge is -2.21. The van der Waals surface area contributed by atoms with Crippen molar-refractivity contribution in [3.05, 3.63) is 0 Å². The molecule has 0 aromatic rings. The molecule has 0 spiro atoms. The van der Waals surface area contributed by atoms with Crippen molar-refractivity contribution in [1.29, 1.82) is 15.8 Å². The second-order valence-corrected chi connectivity index (χ2v) is 12.1. The molecule has 0 bridgehead atoms. The van der Waals surface area contributed by atoms with Gasteiger partial charge in [0.15, 0.2) is 0 Å². The third kappa shape index (κ3) is 8.73. The second-order valence-electron chi connectivity index (χ2n) is 5.18. The molecule has 0 aromatic carbocycles. The van der Waals surface area contributed by atoms with Crippen molar-refractivity contribution in [2.45, 2.75) is 32.6 Å². The van der Waals surface area contributed by atoms with Crippen LogP contribution in [0.5, 0.6) is 0 Å². The highest BCUT2D eigenvalue weighted by Gasteiger charge is 2.27. The fraction of sp³-hybridized carbons (Fsp3) is 0.786. The van der Waals surface area contributed by atoms with E-state index < -0.39 is 14.3 Å². The first-order valence-electron chi connectivity index (χ1n) is 7.20. The Balaban J connectivity index is 4.79. The molecule has 1 unspecified atom stereocenters. The summed E-state index contributed by atoms with van der Waals surface area (Å²) in [6.07, 6.45) is 3.72. The van der Waals surface area contributed by atoms with E-state index in [2.05, 4.69) is 0 Å². The molecule has 0 aliphatic carbocycles. The van der Waals surface area contributed by atoms with E-state index in [1.807, 2.05) is 25.1 Å². The summed E-state index contributed by atoms with van der Waals surface area (Å²) in [7, 11) is -5.06. The van der Waals surface area contributed by atoms with Crippen molar-refractivity contribution < 1.29 is 9.13 Å². The molecule has 0 rings (SSSR count). The lowest BCUT2D eigenvalue weighted by molar-refractivity contribution is 0.567. The van der Waals surface area contributed by atoms with Gasteiger partial charge in [-0.3, -0.25) is 0 Å². The zero-order valence-electron chi connectivity index (χ0n) is 12.6. The molecule has 1 atom stereocenters. The molecule has 0 fully saturated rings. The lowest BCUT2D eigenvalue weighted by atomic mass is 10.5. The molecule has 5 nitrogen and oxygen atoms in total. The standard InChI is InChI=1S/C14H23N3O2P2/c1-2-9-20(18,10-3-6-15)13-14-21(19,11-4-7-16)12-5-8-17/h2-5,9-14H2,1H3. The van der Waals surface area contributed by atoms with Crippen LogP contribution in [-0.2, 0) is 9.13 Å². The summed E-state index contributed by atoms with van der Waals surface area (Å²) in [5, 5.41) is 26.0. The summed E-state index contributed by atoms with van der Waals surface area (Å²) >= 11 is 0. The highest BCUT2D eigenvalue weighted by atomic mass is 31.2. The van der Waals surface area contributed by atoms with Crippen LogP contribution in [0.1, 0.15) is 32.6 Å². The van der Waals surface area contributed by atoms with E-state index in [4.69, 9.17) is 15.8 Å². The largest absolute Gasteiger partial charge is 0.324 e. The van der Waals surface area contributed by atoms with Gasteiger partial charge in [0.05, 0.1) is 32.5 Å². The molecule has 0 saturated carbocycles. The van der Waals surface area contributed by atoms with Crippen molar-refractivity contribution in [2.75, 3.05) is 37.0 Å². The minimum absolute atomic E-state index is 0.207. The van der Waals surface area contributed by atoms with Gasteiger partial charge in [-0.1, -0.05) is 6.92 Å². The van der Waals surface area contributed by atoms with E-state index in [0.29, 0.717) is 37.0 Å². The Morgan fingerprint density at radius 1 is 0.667 bits per heavy atom. The van der Waals surface area contributed by atoms with Gasteiger partial charge in [-0.15, -0.1) is 0 Å². The fourth-order valence-electron chi connectivity index (χ4n) is 2.20. The number of hydrogen-bond acceptors (Lipinski definition) is 5. The molecule has 0 radical (unpaired) electrons. The molecule has 0 aliphatic rings. The molecule has 7 heteroatoms. The zero-order valence-corrected chi connectivity index (χ0v) is 14.4. The Morgan fingerprint density at radius 3 is 1.29 bits per heavy atom. The summed E-state index contributed by atoms with van der Waals surface area (Å²) in [5.41, 5.74) is 0. The number of nitriles is 3. The first-order valence-corrected chi connectivity index (χ1v) is 11.7. The number of hydrogen-bond donors (Lipinski definition) is 0. The molecule has 0 aliphatic heterocycles. The van der Waals surface area contributed by atoms with E-state index in [9.17, 15) is 9.13 Å². The molecule has 0 aromatic heterocycles. The van der Waals surface area contributed by atoms with Crippen LogP contribution in [0, 0.1) is 34.0 Å². The second kappa shape index (κ2) is 10.6. The van der Waals surface area contributed by atoms with E-state index in [0.717, 1.165) is 6.42 Å². The van der Waals surface area contributed by atoms with E-state index in [1.54, 1.807) is 0 Å². The highest BCUT2D eigenvalue weighted by molar-refractivity contribution is 7.67. The maximum absolute atomic E-state index is 12.8. The van der Waals surface area contributed by atoms with Gasteiger partial charge in [-0.25, -0.2) is 0 Å². The average molecular weight is 327 g/mol. The van der Waals surface area contributed by atoms with Crippen LogP contribution in [0.25, 0.3) is 0 Å². The predicted octanol–water partition coefficient (Wildman–Crippen LogP) is 3.86. The third-order valence-corrected chi connectivity index (χ3v) is 10.2. The Kier molecular flexibility index (Phi) is 10.1. The van der Waals surface area contributed by atoms with Crippen LogP contribution >= 0.6 is 14.3 Å². The normalized spacial score (nSPS) is 13.6. The van der Waals surface area contributed by atoms with Gasteiger partial charge in [0.1, 0.15) is 0 Å². The van der Waals surface area contributed by atoms with E-state index in [-0.39, 0.29) is 19.3 Å². The van der Waals surface area contributed by atoms with Crippen LogP contribution in [0.4, 0.5) is 0 Å². The minimum atomic E-state index is -2.60. The van der Waals surface area contributed by atoms with Gasteiger partial charge >= 0.3 is 0 Å². The van der Waals surface area contributed by atoms with Crippen LogP contribution in [0.3, 0.4) is 0 Å².